The smallest absolute Gasteiger partial charge is 0.251 e. The zero-order chi connectivity index (χ0) is 14.0. The van der Waals surface area contributed by atoms with Gasteiger partial charge < -0.3 is 16.4 Å². The lowest BCUT2D eigenvalue weighted by Crippen LogP contribution is -2.45. The second-order valence-electron chi connectivity index (χ2n) is 5.59. The number of anilines is 1. The molecule has 102 valence electrons. The van der Waals surface area contributed by atoms with Crippen LogP contribution in [-0.4, -0.2) is 23.9 Å². The van der Waals surface area contributed by atoms with E-state index in [2.05, 4.69) is 10.6 Å². The van der Waals surface area contributed by atoms with Crippen molar-refractivity contribution >= 4 is 17.5 Å². The molecule has 4 N–H and O–H groups in total. The average Bonchev–Trinajstić information content (AvgIpc) is 2.34. The van der Waals surface area contributed by atoms with Gasteiger partial charge in [-0.2, -0.15) is 0 Å². The Labute approximate surface area is 112 Å². The molecule has 1 heterocycles. The normalized spacial score (nSPS) is 14.6. The van der Waals surface area contributed by atoms with Gasteiger partial charge >= 0.3 is 0 Å². The van der Waals surface area contributed by atoms with Gasteiger partial charge in [0.15, 0.2) is 0 Å². The van der Waals surface area contributed by atoms with Crippen molar-refractivity contribution in [2.45, 2.75) is 32.2 Å². The Hall–Kier alpha value is -1.88. The topological polar surface area (TPSA) is 84.2 Å². The van der Waals surface area contributed by atoms with E-state index in [4.69, 9.17) is 5.73 Å². The molecule has 2 rings (SSSR count). The monoisotopic (exact) mass is 261 g/mol. The van der Waals surface area contributed by atoms with E-state index in [-0.39, 0.29) is 11.8 Å². The zero-order valence-electron chi connectivity index (χ0n) is 11.2. The maximum absolute atomic E-state index is 12.0. The van der Waals surface area contributed by atoms with Gasteiger partial charge in [-0.1, -0.05) is 0 Å². The molecular formula is C14H19N3O2. The first-order valence-electron chi connectivity index (χ1n) is 6.35. The number of rotatable bonds is 3. The SMILES string of the molecule is CC(C)(N)CNC(=O)c1ccc2c(c1)CCC(=O)N2. The van der Waals surface area contributed by atoms with Crippen molar-refractivity contribution < 1.29 is 9.59 Å². The third kappa shape index (κ3) is 3.54. The highest BCUT2D eigenvalue weighted by Gasteiger charge is 2.17. The molecule has 0 aromatic heterocycles. The second-order valence-corrected chi connectivity index (χ2v) is 5.59. The molecule has 5 nitrogen and oxygen atoms in total. The summed E-state index contributed by atoms with van der Waals surface area (Å²) in [5.41, 5.74) is 7.79. The first kappa shape index (κ1) is 13.5. The van der Waals surface area contributed by atoms with Crippen LogP contribution in [0.15, 0.2) is 18.2 Å². The zero-order valence-corrected chi connectivity index (χ0v) is 11.2. The highest BCUT2D eigenvalue weighted by molar-refractivity contribution is 5.97. The molecule has 1 aromatic rings. The van der Waals surface area contributed by atoms with E-state index in [1.54, 1.807) is 12.1 Å². The number of benzene rings is 1. The van der Waals surface area contributed by atoms with Gasteiger partial charge in [-0.25, -0.2) is 0 Å². The Morgan fingerprint density at radius 2 is 2.16 bits per heavy atom. The van der Waals surface area contributed by atoms with Crippen LogP contribution in [0.25, 0.3) is 0 Å². The van der Waals surface area contributed by atoms with Crippen LogP contribution in [0.3, 0.4) is 0 Å². The van der Waals surface area contributed by atoms with Crippen molar-refractivity contribution in [3.05, 3.63) is 29.3 Å². The van der Waals surface area contributed by atoms with Crippen LogP contribution in [0.2, 0.25) is 0 Å². The predicted octanol–water partition coefficient (Wildman–Crippen LogP) is 1.04. The maximum Gasteiger partial charge on any atom is 0.251 e. The van der Waals surface area contributed by atoms with E-state index in [9.17, 15) is 9.59 Å². The van der Waals surface area contributed by atoms with E-state index in [1.165, 1.54) is 0 Å². The van der Waals surface area contributed by atoms with E-state index in [1.807, 2.05) is 19.9 Å². The van der Waals surface area contributed by atoms with Gasteiger partial charge in [-0.05, 0) is 44.0 Å². The molecule has 0 saturated carbocycles. The number of carbonyl (C=O) groups is 2. The molecule has 0 unspecified atom stereocenters. The second kappa shape index (κ2) is 5.01. The Kier molecular flexibility index (Phi) is 3.57. The molecule has 19 heavy (non-hydrogen) atoms. The number of fused-ring (bicyclic) bond motifs is 1. The Bertz CT molecular complexity index is 518. The van der Waals surface area contributed by atoms with Gasteiger partial charge in [0, 0.05) is 29.8 Å². The summed E-state index contributed by atoms with van der Waals surface area (Å²) in [4.78, 5) is 23.2. The number of carbonyl (C=O) groups excluding carboxylic acids is 2. The Balaban J connectivity index is 2.09. The molecule has 1 aliphatic heterocycles. The van der Waals surface area contributed by atoms with E-state index < -0.39 is 5.54 Å². The minimum absolute atomic E-state index is 0.0228. The first-order chi connectivity index (χ1) is 8.85. The number of nitrogens with one attached hydrogen (secondary N) is 2. The molecular weight excluding hydrogens is 242 g/mol. The van der Waals surface area contributed by atoms with Crippen LogP contribution in [0, 0.1) is 0 Å². The molecule has 1 aliphatic rings. The van der Waals surface area contributed by atoms with Crippen LogP contribution >= 0.6 is 0 Å². The van der Waals surface area contributed by atoms with Crippen LogP contribution in [0.4, 0.5) is 5.69 Å². The third-order valence-corrected chi connectivity index (χ3v) is 2.97. The van der Waals surface area contributed by atoms with Gasteiger partial charge in [-0.15, -0.1) is 0 Å². The molecule has 2 amide bonds. The van der Waals surface area contributed by atoms with Crippen LogP contribution in [0.1, 0.15) is 36.2 Å². The van der Waals surface area contributed by atoms with Crippen LogP contribution < -0.4 is 16.4 Å². The highest BCUT2D eigenvalue weighted by Crippen LogP contribution is 2.23. The number of aryl methyl sites for hydroxylation is 1. The van der Waals surface area contributed by atoms with Crippen LogP contribution in [-0.2, 0) is 11.2 Å². The third-order valence-electron chi connectivity index (χ3n) is 2.97. The van der Waals surface area contributed by atoms with Gasteiger partial charge in [0.05, 0.1) is 0 Å². The summed E-state index contributed by atoms with van der Waals surface area (Å²) in [6.07, 6.45) is 1.14. The standard InChI is InChI=1S/C14H19N3O2/c1-14(2,15)8-16-13(19)10-3-5-11-9(7-10)4-6-12(18)17-11/h3,5,7H,4,6,8,15H2,1-2H3,(H,16,19)(H,17,18). The molecule has 0 fully saturated rings. The number of hydrogen-bond acceptors (Lipinski definition) is 3. The molecule has 0 bridgehead atoms. The Morgan fingerprint density at radius 3 is 2.84 bits per heavy atom. The Morgan fingerprint density at radius 1 is 1.42 bits per heavy atom. The lowest BCUT2D eigenvalue weighted by molar-refractivity contribution is -0.116. The van der Waals surface area contributed by atoms with Crippen molar-refractivity contribution in [2.24, 2.45) is 5.73 Å². The summed E-state index contributed by atoms with van der Waals surface area (Å²) in [7, 11) is 0. The summed E-state index contributed by atoms with van der Waals surface area (Å²) in [6.45, 7) is 4.13. The first-order valence-corrected chi connectivity index (χ1v) is 6.35. The van der Waals surface area contributed by atoms with Crippen molar-refractivity contribution in [1.29, 1.82) is 0 Å². The summed E-state index contributed by atoms with van der Waals surface area (Å²) in [5, 5.41) is 5.59. The minimum atomic E-state index is -0.433. The lowest BCUT2D eigenvalue weighted by atomic mass is 10.00. The molecule has 0 spiro atoms. The van der Waals surface area contributed by atoms with E-state index in [0.29, 0.717) is 24.9 Å². The fourth-order valence-corrected chi connectivity index (χ4v) is 1.93. The molecule has 0 saturated heterocycles. The van der Waals surface area contributed by atoms with Crippen molar-refractivity contribution in [3.8, 4) is 0 Å². The molecule has 5 heteroatoms. The molecule has 0 radical (unpaired) electrons. The fourth-order valence-electron chi connectivity index (χ4n) is 1.93. The summed E-state index contributed by atoms with van der Waals surface area (Å²) in [5.74, 6) is -0.118. The molecule has 0 aliphatic carbocycles. The summed E-state index contributed by atoms with van der Waals surface area (Å²) >= 11 is 0. The van der Waals surface area contributed by atoms with Gasteiger partial charge in [0.2, 0.25) is 5.91 Å². The van der Waals surface area contributed by atoms with E-state index in [0.717, 1.165) is 11.3 Å². The van der Waals surface area contributed by atoms with E-state index >= 15 is 0 Å². The van der Waals surface area contributed by atoms with Gasteiger partial charge in [0.1, 0.15) is 0 Å². The highest BCUT2D eigenvalue weighted by atomic mass is 16.2. The molecule has 0 atom stereocenters. The van der Waals surface area contributed by atoms with Crippen LogP contribution in [0.5, 0.6) is 0 Å². The predicted molar refractivity (Wildman–Crippen MR) is 74.0 cm³/mol. The van der Waals surface area contributed by atoms with Crippen molar-refractivity contribution in [3.63, 3.8) is 0 Å². The van der Waals surface area contributed by atoms with Crippen molar-refractivity contribution in [2.75, 3.05) is 11.9 Å². The summed E-state index contributed by atoms with van der Waals surface area (Å²) < 4.78 is 0. The van der Waals surface area contributed by atoms with Crippen molar-refractivity contribution in [1.82, 2.24) is 5.32 Å². The maximum atomic E-state index is 12.0. The van der Waals surface area contributed by atoms with Gasteiger partial charge in [-0.3, -0.25) is 9.59 Å². The number of hydrogen-bond donors (Lipinski definition) is 3. The summed E-state index contributed by atoms with van der Waals surface area (Å²) in [6, 6.07) is 5.31. The largest absolute Gasteiger partial charge is 0.350 e. The fraction of sp³-hybridized carbons (Fsp3) is 0.429. The quantitative estimate of drug-likeness (QED) is 0.760. The number of amides is 2. The average molecular weight is 261 g/mol. The molecule has 1 aromatic carbocycles. The van der Waals surface area contributed by atoms with Gasteiger partial charge in [0.25, 0.3) is 5.91 Å². The lowest BCUT2D eigenvalue weighted by Gasteiger charge is -2.20. The minimum Gasteiger partial charge on any atom is -0.350 e. The number of nitrogens with two attached hydrogens (primary N) is 1.